The molecule has 2 aromatic rings. The van der Waals surface area contributed by atoms with Crippen molar-refractivity contribution >= 4 is 15.9 Å². The highest BCUT2D eigenvalue weighted by molar-refractivity contribution is 7.91. The van der Waals surface area contributed by atoms with E-state index < -0.39 is 27.2 Å². The minimum Gasteiger partial charge on any atom is -0.492 e. The fourth-order valence-corrected chi connectivity index (χ4v) is 3.72. The molecular weight excluding hydrogens is 356 g/mol. The van der Waals surface area contributed by atoms with E-state index in [1.165, 1.54) is 0 Å². The summed E-state index contributed by atoms with van der Waals surface area (Å²) >= 11 is 0. The SMILES string of the molecule is CCCOc1ccc(C(C)(C)c2ccco2)cc1S(=O)(=O)CNC(N)=O. The van der Waals surface area contributed by atoms with Crippen molar-refractivity contribution in [2.45, 2.75) is 37.5 Å². The number of hydrogen-bond donors (Lipinski definition) is 2. The van der Waals surface area contributed by atoms with Gasteiger partial charge in [-0.2, -0.15) is 0 Å². The molecule has 0 saturated heterocycles. The predicted octanol–water partition coefficient (Wildman–Crippen LogP) is 2.79. The molecular formula is C18H24N2O5S. The van der Waals surface area contributed by atoms with Gasteiger partial charge in [-0.3, -0.25) is 0 Å². The zero-order chi connectivity index (χ0) is 19.4. The molecule has 26 heavy (non-hydrogen) atoms. The Bertz CT molecular complexity index is 858. The lowest BCUT2D eigenvalue weighted by atomic mass is 9.82. The lowest BCUT2D eigenvalue weighted by molar-refractivity contribution is 0.250. The molecule has 0 aliphatic carbocycles. The average Bonchev–Trinajstić information content (AvgIpc) is 3.13. The van der Waals surface area contributed by atoms with Crippen LogP contribution in [0.2, 0.25) is 0 Å². The van der Waals surface area contributed by atoms with Gasteiger partial charge < -0.3 is 20.2 Å². The number of furan rings is 1. The highest BCUT2D eigenvalue weighted by Crippen LogP contribution is 2.36. The number of primary amides is 1. The lowest BCUT2D eigenvalue weighted by Gasteiger charge is -2.24. The van der Waals surface area contributed by atoms with E-state index in [0.29, 0.717) is 12.4 Å². The molecule has 0 aliphatic heterocycles. The van der Waals surface area contributed by atoms with Crippen LogP contribution in [0.5, 0.6) is 5.75 Å². The minimum absolute atomic E-state index is 0.0110. The van der Waals surface area contributed by atoms with Crippen LogP contribution in [-0.2, 0) is 15.3 Å². The van der Waals surface area contributed by atoms with Gasteiger partial charge >= 0.3 is 6.03 Å². The molecule has 8 heteroatoms. The molecule has 3 N–H and O–H groups in total. The molecule has 0 radical (unpaired) electrons. The number of ether oxygens (including phenoxy) is 1. The Morgan fingerprint density at radius 2 is 2.04 bits per heavy atom. The van der Waals surface area contributed by atoms with Crippen LogP contribution in [-0.4, -0.2) is 26.9 Å². The topological polar surface area (TPSA) is 112 Å². The van der Waals surface area contributed by atoms with Gasteiger partial charge in [-0.25, -0.2) is 13.2 Å². The molecule has 1 aromatic carbocycles. The second-order valence-corrected chi connectivity index (χ2v) is 8.37. The minimum atomic E-state index is -3.84. The second-order valence-electron chi connectivity index (χ2n) is 6.41. The van der Waals surface area contributed by atoms with Crippen LogP contribution in [0.1, 0.15) is 38.5 Å². The Balaban J connectivity index is 2.50. The standard InChI is InChI=1S/C18H24N2O5S/c1-4-9-24-14-8-7-13(18(2,3)16-6-5-10-25-16)11-15(14)26(22,23)12-20-17(19)21/h5-8,10-11H,4,9,12H2,1-3H3,(H3,19,20,21). The number of amides is 2. The Labute approximate surface area is 153 Å². The maximum atomic E-state index is 12.7. The van der Waals surface area contributed by atoms with E-state index >= 15 is 0 Å². The summed E-state index contributed by atoms with van der Waals surface area (Å²) in [7, 11) is -3.84. The number of carbonyl (C=O) groups excluding carboxylic acids is 1. The van der Waals surface area contributed by atoms with Crippen molar-refractivity contribution < 1.29 is 22.4 Å². The van der Waals surface area contributed by atoms with Gasteiger partial charge in [0.25, 0.3) is 0 Å². The first-order chi connectivity index (χ1) is 12.2. The fraction of sp³-hybridized carbons (Fsp3) is 0.389. The molecule has 0 atom stereocenters. The Morgan fingerprint density at radius 3 is 2.62 bits per heavy atom. The van der Waals surface area contributed by atoms with Crippen molar-refractivity contribution in [1.82, 2.24) is 5.32 Å². The maximum Gasteiger partial charge on any atom is 0.313 e. The molecule has 0 aliphatic rings. The summed E-state index contributed by atoms with van der Waals surface area (Å²) in [5.41, 5.74) is 5.20. The summed E-state index contributed by atoms with van der Waals surface area (Å²) in [4.78, 5) is 10.9. The van der Waals surface area contributed by atoms with Crippen molar-refractivity contribution in [3.05, 3.63) is 47.9 Å². The van der Waals surface area contributed by atoms with E-state index in [1.54, 1.807) is 24.5 Å². The average molecular weight is 380 g/mol. The van der Waals surface area contributed by atoms with E-state index in [-0.39, 0.29) is 10.6 Å². The highest BCUT2D eigenvalue weighted by Gasteiger charge is 2.29. The molecule has 1 aromatic heterocycles. The van der Waals surface area contributed by atoms with Crippen LogP contribution >= 0.6 is 0 Å². The first-order valence-electron chi connectivity index (χ1n) is 8.26. The second kappa shape index (κ2) is 7.82. The van der Waals surface area contributed by atoms with Crippen molar-refractivity contribution in [2.24, 2.45) is 5.73 Å². The molecule has 7 nitrogen and oxygen atoms in total. The van der Waals surface area contributed by atoms with E-state index in [9.17, 15) is 13.2 Å². The zero-order valence-electron chi connectivity index (χ0n) is 15.1. The Hall–Kier alpha value is -2.48. The summed E-state index contributed by atoms with van der Waals surface area (Å²) in [6.07, 6.45) is 2.31. The predicted molar refractivity (Wildman–Crippen MR) is 97.8 cm³/mol. The van der Waals surface area contributed by atoms with Crippen LogP contribution in [0.15, 0.2) is 45.9 Å². The van der Waals surface area contributed by atoms with Crippen molar-refractivity contribution in [2.75, 3.05) is 12.5 Å². The van der Waals surface area contributed by atoms with E-state index in [2.05, 4.69) is 5.32 Å². The third kappa shape index (κ3) is 4.37. The molecule has 2 amide bonds. The molecule has 0 unspecified atom stereocenters. The van der Waals surface area contributed by atoms with Crippen LogP contribution in [0, 0.1) is 0 Å². The summed E-state index contributed by atoms with van der Waals surface area (Å²) in [5, 5.41) is 2.13. The molecule has 0 saturated carbocycles. The van der Waals surface area contributed by atoms with Crippen molar-refractivity contribution in [3.8, 4) is 5.75 Å². The van der Waals surface area contributed by atoms with Gasteiger partial charge in [0.1, 0.15) is 22.3 Å². The number of nitrogens with two attached hydrogens (primary N) is 1. The van der Waals surface area contributed by atoms with Gasteiger partial charge in [0.2, 0.25) is 0 Å². The van der Waals surface area contributed by atoms with Crippen molar-refractivity contribution in [3.63, 3.8) is 0 Å². The first kappa shape index (κ1) is 19.8. The smallest absolute Gasteiger partial charge is 0.313 e. The molecule has 2 rings (SSSR count). The number of sulfone groups is 1. The normalized spacial score (nSPS) is 12.0. The largest absolute Gasteiger partial charge is 0.492 e. The molecule has 0 fully saturated rings. The van der Waals surface area contributed by atoms with Gasteiger partial charge in [0.15, 0.2) is 9.84 Å². The monoisotopic (exact) mass is 380 g/mol. The zero-order valence-corrected chi connectivity index (χ0v) is 15.9. The number of urea groups is 1. The van der Waals surface area contributed by atoms with Crippen LogP contribution in [0.25, 0.3) is 0 Å². The van der Waals surface area contributed by atoms with Gasteiger partial charge in [0.05, 0.1) is 12.9 Å². The van der Waals surface area contributed by atoms with Gasteiger partial charge in [-0.05, 0) is 50.1 Å². The molecule has 0 spiro atoms. The van der Waals surface area contributed by atoms with Crippen LogP contribution < -0.4 is 15.8 Å². The van der Waals surface area contributed by atoms with Crippen LogP contribution in [0.4, 0.5) is 4.79 Å². The van der Waals surface area contributed by atoms with Gasteiger partial charge in [-0.1, -0.05) is 13.0 Å². The summed E-state index contributed by atoms with van der Waals surface area (Å²) < 4.78 is 36.5. The summed E-state index contributed by atoms with van der Waals surface area (Å²) in [5.74, 6) is 0.352. The lowest BCUT2D eigenvalue weighted by Crippen LogP contribution is -2.34. The van der Waals surface area contributed by atoms with Gasteiger partial charge in [-0.15, -0.1) is 0 Å². The fourth-order valence-electron chi connectivity index (χ4n) is 2.49. The number of carbonyl (C=O) groups is 1. The van der Waals surface area contributed by atoms with E-state index in [4.69, 9.17) is 14.9 Å². The quantitative estimate of drug-likeness (QED) is 0.731. The number of benzene rings is 1. The first-order valence-corrected chi connectivity index (χ1v) is 9.91. The number of nitrogens with one attached hydrogen (secondary N) is 1. The van der Waals surface area contributed by atoms with Crippen molar-refractivity contribution in [1.29, 1.82) is 0 Å². The van der Waals surface area contributed by atoms with Crippen LogP contribution in [0.3, 0.4) is 0 Å². The third-order valence-electron chi connectivity index (χ3n) is 4.04. The Morgan fingerprint density at radius 1 is 1.31 bits per heavy atom. The summed E-state index contributed by atoms with van der Waals surface area (Å²) in [6.45, 7) is 6.18. The van der Waals surface area contributed by atoms with Gasteiger partial charge in [0, 0.05) is 5.41 Å². The maximum absolute atomic E-state index is 12.7. The van der Waals surface area contributed by atoms with E-state index in [1.807, 2.05) is 32.9 Å². The third-order valence-corrected chi connectivity index (χ3v) is 5.55. The number of rotatable bonds is 8. The summed E-state index contributed by atoms with van der Waals surface area (Å²) in [6, 6.07) is 7.72. The number of hydrogen-bond acceptors (Lipinski definition) is 5. The molecule has 0 bridgehead atoms. The highest BCUT2D eigenvalue weighted by atomic mass is 32.2. The molecule has 142 valence electrons. The van der Waals surface area contributed by atoms with E-state index in [0.717, 1.165) is 12.0 Å². The Kier molecular flexibility index (Phi) is 5.97. The molecule has 1 heterocycles.